The molecular weight excluding hydrogens is 546 g/mol. The zero-order valence-electron chi connectivity index (χ0n) is 23.2. The third-order valence-corrected chi connectivity index (χ3v) is 9.99. The first-order valence-electron chi connectivity index (χ1n) is 14.1. The summed E-state index contributed by atoms with van der Waals surface area (Å²) >= 11 is 0. The summed E-state index contributed by atoms with van der Waals surface area (Å²) in [5, 5.41) is 0. The number of rotatable bonds is 5. The van der Waals surface area contributed by atoms with Crippen molar-refractivity contribution in [2.45, 2.75) is 19.4 Å². The monoisotopic (exact) mass is 579 g/mol. The van der Waals surface area contributed by atoms with Crippen LogP contribution in [-0.4, -0.2) is 123 Å². The molecule has 0 unspecified atom stereocenters. The highest BCUT2D eigenvalue weighted by molar-refractivity contribution is 7.91. The molecule has 0 aliphatic carbocycles. The number of likely N-dealkylation sites (tertiary alicyclic amines) is 1. The van der Waals surface area contributed by atoms with Gasteiger partial charge < -0.3 is 19.1 Å². The van der Waals surface area contributed by atoms with E-state index in [1.54, 1.807) is 9.47 Å². The maximum atomic E-state index is 13.7. The van der Waals surface area contributed by atoms with Crippen LogP contribution >= 0.6 is 0 Å². The molecule has 0 spiro atoms. The molecule has 0 saturated carbocycles. The van der Waals surface area contributed by atoms with E-state index in [-0.39, 0.29) is 23.5 Å². The number of benzene rings is 1. The number of anilines is 1. The van der Waals surface area contributed by atoms with Gasteiger partial charge in [-0.05, 0) is 12.1 Å². The normalized spacial score (nSPS) is 20.1. The standard InChI is InChI=1S/C27H33N9O4S/c1-3-21-28-19-6-4-5-7-20(19)36(21)27-30-23-22(24(31-27)34-8-12-40-13-9-34)29-25(32(23)2)26(37)35-16-18(17-35)33-10-14-41(38,39)15-11-33/h4-7,18H,3,8-17H2,1-2H3. The van der Waals surface area contributed by atoms with Gasteiger partial charge in [0.05, 0.1) is 35.8 Å². The van der Waals surface area contributed by atoms with Crippen molar-refractivity contribution in [1.82, 2.24) is 38.9 Å². The zero-order chi connectivity index (χ0) is 28.3. The van der Waals surface area contributed by atoms with Gasteiger partial charge in [0, 0.05) is 58.8 Å². The predicted octanol–water partition coefficient (Wildman–Crippen LogP) is 0.656. The van der Waals surface area contributed by atoms with E-state index in [9.17, 15) is 13.2 Å². The van der Waals surface area contributed by atoms with Gasteiger partial charge in [-0.3, -0.25) is 14.3 Å². The number of sulfone groups is 1. The Kier molecular flexibility index (Phi) is 6.43. The van der Waals surface area contributed by atoms with E-state index in [0.717, 1.165) is 16.9 Å². The molecule has 6 heterocycles. The number of hydrogen-bond acceptors (Lipinski definition) is 10. The first-order valence-corrected chi connectivity index (χ1v) is 15.9. The average Bonchev–Trinajstić information content (AvgIpc) is 3.50. The van der Waals surface area contributed by atoms with Gasteiger partial charge in [-0.15, -0.1) is 0 Å². The van der Waals surface area contributed by atoms with Crippen molar-refractivity contribution in [3.8, 4) is 5.95 Å². The van der Waals surface area contributed by atoms with E-state index in [1.165, 1.54) is 0 Å². The van der Waals surface area contributed by atoms with Gasteiger partial charge in [-0.25, -0.2) is 18.4 Å². The Morgan fingerprint density at radius 3 is 2.46 bits per heavy atom. The minimum absolute atomic E-state index is 0.164. The minimum Gasteiger partial charge on any atom is -0.378 e. The lowest BCUT2D eigenvalue weighted by Crippen LogP contribution is -2.63. The SMILES string of the molecule is CCc1nc2ccccc2n1-c1nc(N2CCOCC2)c2nc(C(=O)N3CC(N4CCS(=O)(=O)CC4)C3)n(C)c2n1. The van der Waals surface area contributed by atoms with Crippen LogP contribution in [0, 0.1) is 0 Å². The number of aryl methyl sites for hydroxylation is 2. The molecule has 3 aliphatic rings. The fourth-order valence-electron chi connectivity index (χ4n) is 5.94. The third kappa shape index (κ3) is 4.53. The Morgan fingerprint density at radius 1 is 1.00 bits per heavy atom. The highest BCUT2D eigenvalue weighted by Gasteiger charge is 2.39. The highest BCUT2D eigenvalue weighted by Crippen LogP contribution is 2.29. The Labute approximate surface area is 237 Å². The number of carbonyl (C=O) groups excluding carboxylic acids is 1. The first kappa shape index (κ1) is 26.3. The summed E-state index contributed by atoms with van der Waals surface area (Å²) < 4.78 is 33.0. The van der Waals surface area contributed by atoms with Crippen LogP contribution in [0.5, 0.6) is 0 Å². The van der Waals surface area contributed by atoms with Gasteiger partial charge in [0.15, 0.2) is 26.8 Å². The van der Waals surface area contributed by atoms with Crippen LogP contribution in [-0.2, 0) is 28.0 Å². The molecule has 3 aromatic heterocycles. The van der Waals surface area contributed by atoms with E-state index in [2.05, 4.69) is 16.7 Å². The lowest BCUT2D eigenvalue weighted by atomic mass is 10.1. The van der Waals surface area contributed by atoms with Gasteiger partial charge in [-0.1, -0.05) is 19.1 Å². The average molecular weight is 580 g/mol. The van der Waals surface area contributed by atoms with Crippen molar-refractivity contribution in [3.63, 3.8) is 0 Å². The Morgan fingerprint density at radius 2 is 1.73 bits per heavy atom. The summed E-state index contributed by atoms with van der Waals surface area (Å²) in [5.74, 6) is 2.54. The zero-order valence-corrected chi connectivity index (χ0v) is 24.0. The number of para-hydroxylation sites is 2. The second-order valence-electron chi connectivity index (χ2n) is 10.9. The lowest BCUT2D eigenvalue weighted by Gasteiger charge is -2.46. The number of carbonyl (C=O) groups is 1. The lowest BCUT2D eigenvalue weighted by molar-refractivity contribution is 0.0277. The Balaban J connectivity index is 1.25. The van der Waals surface area contributed by atoms with Gasteiger partial charge in [0.1, 0.15) is 5.82 Å². The molecule has 0 bridgehead atoms. The van der Waals surface area contributed by atoms with E-state index in [4.69, 9.17) is 24.7 Å². The molecule has 4 aromatic rings. The van der Waals surface area contributed by atoms with Crippen LogP contribution in [0.1, 0.15) is 23.4 Å². The molecule has 3 fully saturated rings. The van der Waals surface area contributed by atoms with Crippen molar-refractivity contribution < 1.29 is 17.9 Å². The fraction of sp³-hybridized carbons (Fsp3) is 0.519. The largest absolute Gasteiger partial charge is 0.378 e. The third-order valence-electron chi connectivity index (χ3n) is 8.38. The second kappa shape index (κ2) is 10.0. The van der Waals surface area contributed by atoms with Crippen LogP contribution in [0.3, 0.4) is 0 Å². The summed E-state index contributed by atoms with van der Waals surface area (Å²) in [6.07, 6.45) is 0.706. The van der Waals surface area contributed by atoms with Crippen LogP contribution in [0.4, 0.5) is 5.82 Å². The summed E-state index contributed by atoms with van der Waals surface area (Å²) in [6.45, 7) is 6.69. The Bertz CT molecular complexity index is 1740. The molecule has 1 amide bonds. The highest BCUT2D eigenvalue weighted by atomic mass is 32.2. The van der Waals surface area contributed by atoms with Crippen molar-refractivity contribution in [3.05, 3.63) is 35.9 Å². The molecule has 1 aromatic carbocycles. The predicted molar refractivity (Wildman–Crippen MR) is 153 cm³/mol. The number of fused-ring (bicyclic) bond motifs is 2. The maximum Gasteiger partial charge on any atom is 0.290 e. The molecule has 14 heteroatoms. The number of hydrogen-bond donors (Lipinski definition) is 0. The van der Waals surface area contributed by atoms with Gasteiger partial charge in [0.2, 0.25) is 11.8 Å². The number of amides is 1. The smallest absolute Gasteiger partial charge is 0.290 e. The van der Waals surface area contributed by atoms with Crippen molar-refractivity contribution in [2.75, 3.05) is 68.9 Å². The topological polar surface area (TPSA) is 132 Å². The van der Waals surface area contributed by atoms with Crippen LogP contribution in [0.15, 0.2) is 24.3 Å². The quantitative estimate of drug-likeness (QED) is 0.332. The number of morpholine rings is 1. The van der Waals surface area contributed by atoms with Gasteiger partial charge >= 0.3 is 0 Å². The van der Waals surface area contributed by atoms with E-state index >= 15 is 0 Å². The number of ether oxygens (including phenoxy) is 1. The molecule has 0 atom stereocenters. The van der Waals surface area contributed by atoms with Crippen LogP contribution in [0.25, 0.3) is 28.1 Å². The van der Waals surface area contributed by atoms with Gasteiger partial charge in [-0.2, -0.15) is 9.97 Å². The summed E-state index contributed by atoms with van der Waals surface area (Å²) in [7, 11) is -1.12. The molecule has 0 N–H and O–H groups in total. The van der Waals surface area contributed by atoms with E-state index in [1.807, 2.05) is 35.9 Å². The Hall–Kier alpha value is -3.62. The van der Waals surface area contributed by atoms with E-state index in [0.29, 0.717) is 87.7 Å². The molecule has 3 saturated heterocycles. The van der Waals surface area contributed by atoms with Crippen molar-refractivity contribution in [1.29, 1.82) is 0 Å². The van der Waals surface area contributed by atoms with E-state index < -0.39 is 9.84 Å². The van der Waals surface area contributed by atoms with Crippen LogP contribution < -0.4 is 4.90 Å². The summed E-state index contributed by atoms with van der Waals surface area (Å²) in [6, 6.07) is 8.11. The molecule has 0 radical (unpaired) electrons. The van der Waals surface area contributed by atoms with Gasteiger partial charge in [0.25, 0.3) is 5.91 Å². The summed E-state index contributed by atoms with van der Waals surface area (Å²) in [5.41, 5.74) is 2.97. The number of imidazole rings is 2. The molecule has 7 rings (SSSR count). The first-order chi connectivity index (χ1) is 19.8. The maximum absolute atomic E-state index is 13.7. The minimum atomic E-state index is -2.94. The molecular formula is C27H33N9O4S. The molecule has 41 heavy (non-hydrogen) atoms. The fourth-order valence-corrected chi connectivity index (χ4v) is 7.17. The van der Waals surface area contributed by atoms with Crippen molar-refractivity contribution >= 4 is 43.8 Å². The summed E-state index contributed by atoms with van der Waals surface area (Å²) in [4.78, 5) is 39.4. The molecule has 216 valence electrons. The second-order valence-corrected chi connectivity index (χ2v) is 13.2. The van der Waals surface area contributed by atoms with Crippen molar-refractivity contribution in [2.24, 2.45) is 7.05 Å². The molecule has 3 aliphatic heterocycles. The number of nitrogens with zero attached hydrogens (tertiary/aromatic N) is 9. The number of aromatic nitrogens is 6. The van der Waals surface area contributed by atoms with Crippen LogP contribution in [0.2, 0.25) is 0 Å². The molecule has 13 nitrogen and oxygen atoms in total.